The van der Waals surface area contributed by atoms with Gasteiger partial charge in [-0.25, -0.2) is 0 Å². The molecule has 0 aliphatic rings. The smallest absolute Gasteiger partial charge is 0.282 e. The van der Waals surface area contributed by atoms with Crippen LogP contribution in [0.2, 0.25) is 0 Å². The van der Waals surface area contributed by atoms with E-state index in [1.807, 2.05) is 0 Å². The molecule has 0 spiro atoms. The van der Waals surface area contributed by atoms with Crippen molar-refractivity contribution in [1.82, 2.24) is 0 Å². The fraction of sp³-hybridized carbons (Fsp3) is 0.133. The summed E-state index contributed by atoms with van der Waals surface area (Å²) >= 11 is 0.444. The Morgan fingerprint density at radius 3 is 2.15 bits per heavy atom. The Balaban J connectivity index is 0.000000289. The SMILES string of the molecule is CC(=O)Nc1ccc([As](=O)(OO)OCl)cc1.Cc1cccc(S(=O)(=O)O)c1. The van der Waals surface area contributed by atoms with Crippen molar-refractivity contribution in [3.05, 3.63) is 54.1 Å². The number of carbonyl (C=O) groups excluding carboxylic acids is 1. The van der Waals surface area contributed by atoms with Gasteiger partial charge in [0.25, 0.3) is 10.1 Å². The molecule has 0 aromatic heterocycles. The van der Waals surface area contributed by atoms with Crippen LogP contribution < -0.4 is 9.67 Å². The van der Waals surface area contributed by atoms with Crippen molar-refractivity contribution >= 4 is 52.1 Å². The predicted octanol–water partition coefficient (Wildman–Crippen LogP) is 2.12. The maximum Gasteiger partial charge on any atom is 0.294 e. The van der Waals surface area contributed by atoms with Gasteiger partial charge in [-0.05, 0) is 24.6 Å². The van der Waals surface area contributed by atoms with Crippen molar-refractivity contribution in [2.45, 2.75) is 18.7 Å². The van der Waals surface area contributed by atoms with Crippen LogP contribution in [-0.2, 0) is 25.8 Å². The number of hydrogen-bond acceptors (Lipinski definition) is 7. The molecular formula is C15H17AsClNO8S. The van der Waals surface area contributed by atoms with Gasteiger partial charge < -0.3 is 0 Å². The molecule has 1 unspecified atom stereocenters. The molecule has 1 atom stereocenters. The zero-order valence-electron chi connectivity index (χ0n) is 14.2. The van der Waals surface area contributed by atoms with E-state index in [9.17, 15) is 17.0 Å². The second-order valence-corrected chi connectivity index (χ2v) is 11.1. The van der Waals surface area contributed by atoms with E-state index in [0.29, 0.717) is 5.69 Å². The summed E-state index contributed by atoms with van der Waals surface area (Å²) in [5, 5.41) is 11.0. The zero-order valence-corrected chi connectivity index (χ0v) is 17.6. The quantitative estimate of drug-likeness (QED) is 0.255. The van der Waals surface area contributed by atoms with Gasteiger partial charge in [-0.15, -0.1) is 0 Å². The van der Waals surface area contributed by atoms with E-state index in [1.165, 1.54) is 43.3 Å². The molecule has 0 saturated heterocycles. The molecule has 2 rings (SSSR count). The molecule has 1 amide bonds. The Morgan fingerprint density at radius 2 is 1.78 bits per heavy atom. The van der Waals surface area contributed by atoms with Crippen LogP contribution in [0.4, 0.5) is 5.69 Å². The normalized spacial score (nSPS) is 13.1. The predicted molar refractivity (Wildman–Crippen MR) is 98.5 cm³/mol. The number of amides is 1. The Kier molecular flexibility index (Phi) is 8.70. The molecule has 0 radical (unpaired) electrons. The molecule has 0 heterocycles. The summed E-state index contributed by atoms with van der Waals surface area (Å²) in [6.45, 7) is 3.12. The van der Waals surface area contributed by atoms with E-state index in [0.717, 1.165) is 5.56 Å². The summed E-state index contributed by atoms with van der Waals surface area (Å²) in [4.78, 5) is 10.7. The van der Waals surface area contributed by atoms with Crippen LogP contribution >= 0.6 is 11.9 Å². The number of anilines is 1. The van der Waals surface area contributed by atoms with Crippen LogP contribution in [-0.4, -0.2) is 38.3 Å². The fourth-order valence-electron chi connectivity index (χ4n) is 1.81. The van der Waals surface area contributed by atoms with Crippen LogP contribution in [0.25, 0.3) is 0 Å². The van der Waals surface area contributed by atoms with Gasteiger partial charge >= 0.3 is 99.4 Å². The summed E-state index contributed by atoms with van der Waals surface area (Å²) in [5.41, 5.74) is 1.32. The number of halogens is 1. The molecule has 0 aliphatic carbocycles. The second-order valence-electron chi connectivity index (χ2n) is 5.17. The molecule has 2 aromatic rings. The van der Waals surface area contributed by atoms with Gasteiger partial charge in [0.2, 0.25) is 0 Å². The van der Waals surface area contributed by atoms with Gasteiger partial charge in [-0.3, -0.25) is 4.55 Å². The number of aryl methyl sites for hydroxylation is 1. The first kappa shape index (κ1) is 23.4. The van der Waals surface area contributed by atoms with E-state index in [2.05, 4.69) is 12.5 Å². The number of rotatable bonds is 5. The number of hydrogen-bond donors (Lipinski definition) is 3. The first-order chi connectivity index (χ1) is 12.5. The summed E-state index contributed by atoms with van der Waals surface area (Å²) in [6, 6.07) is 11.8. The van der Waals surface area contributed by atoms with Crippen LogP contribution in [0, 0.1) is 6.92 Å². The van der Waals surface area contributed by atoms with Crippen molar-refractivity contribution in [2.75, 3.05) is 5.32 Å². The summed E-state index contributed by atoms with van der Waals surface area (Å²) in [5.74, 6) is -0.228. The van der Waals surface area contributed by atoms with Crippen LogP contribution in [0.5, 0.6) is 0 Å². The molecule has 9 nitrogen and oxygen atoms in total. The van der Waals surface area contributed by atoms with Gasteiger partial charge in [-0.1, -0.05) is 12.1 Å². The first-order valence-corrected chi connectivity index (χ1v) is 12.2. The van der Waals surface area contributed by atoms with Gasteiger partial charge in [0.05, 0.1) is 4.90 Å². The molecule has 2 aromatic carbocycles. The maximum absolute atomic E-state index is 11.6. The van der Waals surface area contributed by atoms with E-state index >= 15 is 0 Å². The maximum atomic E-state index is 11.6. The average molecular weight is 482 g/mol. The summed E-state index contributed by atoms with van der Waals surface area (Å²) in [6.07, 6.45) is 0. The van der Waals surface area contributed by atoms with E-state index in [-0.39, 0.29) is 15.2 Å². The minimum atomic E-state index is -4.53. The second kappa shape index (κ2) is 10.0. The Morgan fingerprint density at radius 1 is 1.19 bits per heavy atom. The molecule has 0 aliphatic heterocycles. The molecule has 0 bridgehead atoms. The Hall–Kier alpha value is -1.65. The van der Waals surface area contributed by atoms with Crippen molar-refractivity contribution < 1.29 is 33.9 Å². The van der Waals surface area contributed by atoms with Crippen molar-refractivity contribution in [3.63, 3.8) is 0 Å². The van der Waals surface area contributed by atoms with E-state index in [1.54, 1.807) is 19.1 Å². The fourth-order valence-corrected chi connectivity index (χ4v) is 4.43. The zero-order chi connectivity index (χ0) is 20.7. The molecule has 0 saturated carbocycles. The molecule has 0 fully saturated rings. The summed E-state index contributed by atoms with van der Waals surface area (Å²) in [7, 11) is -4.03. The van der Waals surface area contributed by atoms with Gasteiger partial charge in [0, 0.05) is 0 Å². The number of carbonyl (C=O) groups is 1. The minimum Gasteiger partial charge on any atom is -0.282 e. The average Bonchev–Trinajstić information content (AvgIpc) is 2.61. The van der Waals surface area contributed by atoms with Gasteiger partial charge in [0.15, 0.2) is 0 Å². The number of nitrogens with one attached hydrogen (secondary N) is 1. The van der Waals surface area contributed by atoms with E-state index in [4.69, 9.17) is 21.7 Å². The standard InChI is InChI=1S/C8H9AsClNO5.C7H8O3S/c1-6(12)11-8-4-2-7(3-5-8)9(13,15-10)16-14;1-6-3-2-4-7(5-6)11(8,9)10/h2-5,14H,1H3,(H,11,12);2-5H,1H3,(H,8,9,10). The van der Waals surface area contributed by atoms with Crippen molar-refractivity contribution in [1.29, 1.82) is 0 Å². The topological polar surface area (TPSA) is 139 Å². The molecule has 12 heteroatoms. The third-order valence-corrected chi connectivity index (χ3v) is 7.57. The van der Waals surface area contributed by atoms with Gasteiger partial charge in [0.1, 0.15) is 0 Å². The van der Waals surface area contributed by atoms with Crippen LogP contribution in [0.1, 0.15) is 12.5 Å². The van der Waals surface area contributed by atoms with Crippen LogP contribution in [0.15, 0.2) is 53.4 Å². The van der Waals surface area contributed by atoms with Crippen molar-refractivity contribution in [3.8, 4) is 0 Å². The monoisotopic (exact) mass is 481 g/mol. The largest absolute Gasteiger partial charge is 0.294 e. The third-order valence-electron chi connectivity index (χ3n) is 2.99. The summed E-state index contributed by atoms with van der Waals surface area (Å²) < 4.78 is 49.3. The number of benzene rings is 2. The first-order valence-electron chi connectivity index (χ1n) is 7.18. The molecule has 3 N–H and O–H groups in total. The molecular weight excluding hydrogens is 465 g/mol. The van der Waals surface area contributed by atoms with Crippen LogP contribution in [0.3, 0.4) is 0 Å². The molecule has 148 valence electrons. The Labute approximate surface area is 164 Å². The third kappa shape index (κ3) is 7.47. The van der Waals surface area contributed by atoms with Gasteiger partial charge in [-0.2, -0.15) is 8.42 Å². The van der Waals surface area contributed by atoms with E-state index < -0.39 is 24.3 Å². The minimum absolute atomic E-state index is 0.0579. The van der Waals surface area contributed by atoms with Crippen molar-refractivity contribution in [2.24, 2.45) is 0 Å². The Bertz CT molecular complexity index is 925. The molecule has 27 heavy (non-hydrogen) atoms.